The minimum absolute atomic E-state index is 0.572. The third kappa shape index (κ3) is 2.51. The van der Waals surface area contributed by atoms with Gasteiger partial charge >= 0.3 is 0 Å². The van der Waals surface area contributed by atoms with Crippen molar-refractivity contribution in [3.05, 3.63) is 54.5 Å². The van der Waals surface area contributed by atoms with Crippen molar-refractivity contribution in [1.29, 1.82) is 0 Å². The van der Waals surface area contributed by atoms with Crippen molar-refractivity contribution in [3.8, 4) is 0 Å². The number of rotatable bonds is 3. The fraction of sp³-hybridized carbons (Fsp3) is 0.0909. The van der Waals surface area contributed by atoms with E-state index in [1.54, 1.807) is 30.6 Å². The molecule has 4 nitrogen and oxygen atoms in total. The summed E-state index contributed by atoms with van der Waals surface area (Å²) in [6.07, 6.45) is 2.47. The molecule has 15 heavy (non-hydrogen) atoms. The summed E-state index contributed by atoms with van der Waals surface area (Å²) in [4.78, 5) is 8.08. The van der Waals surface area contributed by atoms with E-state index in [4.69, 9.17) is 0 Å². The molecule has 0 fully saturated rings. The predicted octanol–water partition coefficient (Wildman–Crippen LogP) is 1.58. The van der Waals surface area contributed by atoms with Gasteiger partial charge in [0, 0.05) is 12.4 Å². The van der Waals surface area contributed by atoms with Crippen LogP contribution in [0.4, 0.5) is 5.82 Å². The van der Waals surface area contributed by atoms with Crippen LogP contribution in [-0.4, -0.2) is 15.1 Å². The van der Waals surface area contributed by atoms with Gasteiger partial charge in [-0.15, -0.1) is 0 Å². The Morgan fingerprint density at radius 2 is 1.73 bits per heavy atom. The van der Waals surface area contributed by atoms with Gasteiger partial charge in [0.2, 0.25) is 0 Å². The number of nitrogens with one attached hydrogen (secondary N) is 1. The third-order valence-corrected chi connectivity index (χ3v) is 1.92. The molecule has 2 heterocycles. The van der Waals surface area contributed by atoms with E-state index in [0.29, 0.717) is 11.5 Å². The second-order valence-corrected chi connectivity index (χ2v) is 3.02. The largest absolute Gasteiger partial charge is 0.368 e. The van der Waals surface area contributed by atoms with Gasteiger partial charge < -0.3 is 10.4 Å². The van der Waals surface area contributed by atoms with Crippen molar-refractivity contribution < 1.29 is 5.11 Å². The summed E-state index contributed by atoms with van der Waals surface area (Å²) in [6, 6.07) is 10.8. The quantitative estimate of drug-likeness (QED) is 0.740. The van der Waals surface area contributed by atoms with Crippen molar-refractivity contribution in [2.45, 2.75) is 6.23 Å². The number of aliphatic hydroxyl groups is 1. The normalized spacial score (nSPS) is 12.1. The maximum Gasteiger partial charge on any atom is 0.169 e. The zero-order chi connectivity index (χ0) is 10.5. The number of anilines is 1. The van der Waals surface area contributed by atoms with E-state index in [9.17, 15) is 5.11 Å². The van der Waals surface area contributed by atoms with Crippen molar-refractivity contribution >= 4 is 5.82 Å². The molecular formula is C11H11N3O. The first kappa shape index (κ1) is 9.61. The van der Waals surface area contributed by atoms with Crippen LogP contribution in [0.25, 0.3) is 0 Å². The van der Waals surface area contributed by atoms with Crippen LogP contribution in [0, 0.1) is 0 Å². The summed E-state index contributed by atoms with van der Waals surface area (Å²) in [5.74, 6) is 0.621. The summed E-state index contributed by atoms with van der Waals surface area (Å²) in [7, 11) is 0. The minimum atomic E-state index is -0.832. The lowest BCUT2D eigenvalue weighted by Gasteiger charge is -2.12. The highest BCUT2D eigenvalue weighted by atomic mass is 16.3. The van der Waals surface area contributed by atoms with Crippen LogP contribution in [0.2, 0.25) is 0 Å². The summed E-state index contributed by atoms with van der Waals surface area (Å²) < 4.78 is 0. The lowest BCUT2D eigenvalue weighted by Crippen LogP contribution is -2.11. The number of hydrogen-bond donors (Lipinski definition) is 2. The van der Waals surface area contributed by atoms with Crippen molar-refractivity contribution in [2.24, 2.45) is 0 Å². The monoisotopic (exact) mass is 201 g/mol. The highest BCUT2D eigenvalue weighted by Gasteiger charge is 2.07. The molecular weight excluding hydrogens is 190 g/mol. The highest BCUT2D eigenvalue weighted by Crippen LogP contribution is 2.12. The maximum absolute atomic E-state index is 9.76. The van der Waals surface area contributed by atoms with E-state index in [1.165, 1.54) is 0 Å². The van der Waals surface area contributed by atoms with Gasteiger partial charge in [0.15, 0.2) is 6.23 Å². The van der Waals surface area contributed by atoms with Gasteiger partial charge in [0.1, 0.15) is 5.82 Å². The average Bonchev–Trinajstić information content (AvgIpc) is 2.31. The fourth-order valence-corrected chi connectivity index (χ4v) is 1.20. The molecule has 0 aliphatic rings. The lowest BCUT2D eigenvalue weighted by atomic mass is 10.3. The smallest absolute Gasteiger partial charge is 0.169 e. The van der Waals surface area contributed by atoms with E-state index in [2.05, 4.69) is 15.3 Å². The molecule has 2 N–H and O–H groups in total. The Labute approximate surface area is 87.6 Å². The second-order valence-electron chi connectivity index (χ2n) is 3.02. The highest BCUT2D eigenvalue weighted by molar-refractivity contribution is 5.35. The SMILES string of the molecule is O[C@@H](Nc1ccccn1)c1ccccn1. The molecule has 76 valence electrons. The zero-order valence-electron chi connectivity index (χ0n) is 8.04. The first-order valence-electron chi connectivity index (χ1n) is 4.63. The van der Waals surface area contributed by atoms with E-state index in [1.807, 2.05) is 18.2 Å². The Bertz CT molecular complexity index is 405. The van der Waals surface area contributed by atoms with Crippen LogP contribution >= 0.6 is 0 Å². The average molecular weight is 201 g/mol. The molecule has 0 unspecified atom stereocenters. The Hall–Kier alpha value is -1.94. The Morgan fingerprint density at radius 3 is 2.33 bits per heavy atom. The molecule has 2 rings (SSSR count). The number of pyridine rings is 2. The zero-order valence-corrected chi connectivity index (χ0v) is 8.04. The molecule has 0 aliphatic carbocycles. The Kier molecular flexibility index (Phi) is 2.90. The van der Waals surface area contributed by atoms with E-state index >= 15 is 0 Å². The van der Waals surface area contributed by atoms with E-state index < -0.39 is 6.23 Å². The molecule has 0 bridgehead atoms. The van der Waals surface area contributed by atoms with Gasteiger partial charge in [-0.3, -0.25) is 4.98 Å². The summed E-state index contributed by atoms with van der Waals surface area (Å²) in [6.45, 7) is 0. The molecule has 0 aromatic carbocycles. The summed E-state index contributed by atoms with van der Waals surface area (Å²) >= 11 is 0. The Morgan fingerprint density at radius 1 is 1.00 bits per heavy atom. The molecule has 0 amide bonds. The van der Waals surface area contributed by atoms with Crippen LogP contribution in [0.3, 0.4) is 0 Å². The van der Waals surface area contributed by atoms with Gasteiger partial charge in [-0.25, -0.2) is 4.98 Å². The molecule has 4 heteroatoms. The third-order valence-electron chi connectivity index (χ3n) is 1.92. The molecule has 1 atom stereocenters. The molecule has 0 saturated heterocycles. The number of nitrogens with zero attached hydrogens (tertiary/aromatic N) is 2. The van der Waals surface area contributed by atoms with E-state index in [-0.39, 0.29) is 0 Å². The van der Waals surface area contributed by atoms with Crippen molar-refractivity contribution in [3.63, 3.8) is 0 Å². The minimum Gasteiger partial charge on any atom is -0.368 e. The lowest BCUT2D eigenvalue weighted by molar-refractivity contribution is 0.203. The van der Waals surface area contributed by atoms with Crippen molar-refractivity contribution in [2.75, 3.05) is 5.32 Å². The second kappa shape index (κ2) is 4.52. The van der Waals surface area contributed by atoms with Gasteiger partial charge in [-0.05, 0) is 24.3 Å². The van der Waals surface area contributed by atoms with Gasteiger partial charge in [-0.2, -0.15) is 0 Å². The van der Waals surface area contributed by atoms with Gasteiger partial charge in [-0.1, -0.05) is 12.1 Å². The number of aliphatic hydroxyl groups excluding tert-OH is 1. The molecule has 0 spiro atoms. The maximum atomic E-state index is 9.76. The molecule has 0 saturated carbocycles. The standard InChI is InChI=1S/C11H11N3O/c15-11(9-5-1-3-7-12-9)14-10-6-2-4-8-13-10/h1-8,11,15H,(H,13,14)/t11-/m1/s1. The first-order chi connectivity index (χ1) is 7.36. The van der Waals surface area contributed by atoms with Gasteiger partial charge in [0.25, 0.3) is 0 Å². The molecule has 2 aromatic heterocycles. The van der Waals surface area contributed by atoms with Crippen LogP contribution in [0.15, 0.2) is 48.8 Å². The van der Waals surface area contributed by atoms with Crippen LogP contribution in [-0.2, 0) is 0 Å². The number of aromatic nitrogens is 2. The summed E-state index contributed by atoms with van der Waals surface area (Å²) in [5.41, 5.74) is 0.572. The van der Waals surface area contributed by atoms with Crippen LogP contribution in [0.1, 0.15) is 11.9 Å². The molecule has 0 aliphatic heterocycles. The van der Waals surface area contributed by atoms with Crippen molar-refractivity contribution in [1.82, 2.24) is 9.97 Å². The van der Waals surface area contributed by atoms with Gasteiger partial charge in [0.05, 0.1) is 5.69 Å². The van der Waals surface area contributed by atoms with E-state index in [0.717, 1.165) is 0 Å². The Balaban J connectivity index is 2.08. The first-order valence-corrected chi connectivity index (χ1v) is 4.63. The fourth-order valence-electron chi connectivity index (χ4n) is 1.20. The molecule has 0 radical (unpaired) electrons. The predicted molar refractivity (Wildman–Crippen MR) is 57.1 cm³/mol. The topological polar surface area (TPSA) is 58.0 Å². The van der Waals surface area contributed by atoms with Crippen LogP contribution < -0.4 is 5.32 Å². The van der Waals surface area contributed by atoms with Crippen LogP contribution in [0.5, 0.6) is 0 Å². The molecule has 2 aromatic rings. The summed E-state index contributed by atoms with van der Waals surface area (Å²) in [5, 5.41) is 12.6. The number of hydrogen-bond acceptors (Lipinski definition) is 4.